The number of hydrogen-bond acceptors (Lipinski definition) is 4. The molecule has 0 heterocycles. The van der Waals surface area contributed by atoms with Crippen molar-refractivity contribution < 1.29 is 24.5 Å². The molecule has 0 saturated carbocycles. The summed E-state index contributed by atoms with van der Waals surface area (Å²) in [5.74, 6) is -1.40. The molecule has 0 aromatic heterocycles. The summed E-state index contributed by atoms with van der Waals surface area (Å²) in [5, 5.41) is 17.6. The Morgan fingerprint density at radius 1 is 1.20 bits per heavy atom. The van der Waals surface area contributed by atoms with Crippen molar-refractivity contribution in [2.45, 2.75) is 19.9 Å². The molecule has 110 valence electrons. The van der Waals surface area contributed by atoms with Gasteiger partial charge < -0.3 is 14.9 Å². The van der Waals surface area contributed by atoms with Gasteiger partial charge in [0.2, 0.25) is 0 Å². The number of hydrogen-bond donors (Lipinski definition) is 2. The molecule has 0 bridgehead atoms. The Balaban J connectivity index is 2.71. The third-order valence-electron chi connectivity index (χ3n) is 2.50. The monoisotopic (exact) mass is 281 g/mol. The molecule has 0 spiro atoms. The molecule has 1 aromatic rings. The molecule has 0 amide bonds. The van der Waals surface area contributed by atoms with Gasteiger partial charge in [-0.3, -0.25) is 14.5 Å². The van der Waals surface area contributed by atoms with Crippen LogP contribution in [0.3, 0.4) is 0 Å². The highest BCUT2D eigenvalue weighted by molar-refractivity contribution is 5.72. The minimum absolute atomic E-state index is 0.252. The smallest absolute Gasteiger partial charge is 0.317 e. The average Bonchev–Trinajstić information content (AvgIpc) is 2.35. The predicted octanol–water partition coefficient (Wildman–Crippen LogP) is 1.45. The molecule has 0 aliphatic heterocycles. The van der Waals surface area contributed by atoms with Crippen LogP contribution in [0, 0.1) is 0 Å². The fourth-order valence-electron chi connectivity index (χ4n) is 1.76. The van der Waals surface area contributed by atoms with Crippen LogP contribution in [-0.2, 0) is 16.1 Å². The number of ether oxygens (including phenoxy) is 1. The topological polar surface area (TPSA) is 87.1 Å². The largest absolute Gasteiger partial charge is 0.494 e. The normalized spacial score (nSPS) is 10.5. The van der Waals surface area contributed by atoms with E-state index in [9.17, 15) is 9.59 Å². The summed E-state index contributed by atoms with van der Waals surface area (Å²) in [4.78, 5) is 22.8. The molecule has 0 aliphatic rings. The summed E-state index contributed by atoms with van der Waals surface area (Å²) < 4.78 is 5.49. The third-order valence-corrected chi connectivity index (χ3v) is 2.50. The van der Waals surface area contributed by atoms with Gasteiger partial charge in [0.15, 0.2) is 0 Å². The van der Waals surface area contributed by atoms with Crippen LogP contribution in [-0.4, -0.2) is 46.7 Å². The molecule has 0 fully saturated rings. The molecule has 0 atom stereocenters. The van der Waals surface area contributed by atoms with Crippen LogP contribution in [0.2, 0.25) is 0 Å². The van der Waals surface area contributed by atoms with E-state index in [0.29, 0.717) is 12.4 Å². The standard InChI is InChI=1S/C14H19NO5/c1-2-6-20-12-5-3-4-11(7-12)8-15(9-13(16)17)10-14(18)19/h3-5,7H,2,6,8-10H2,1H3,(H,16,17)(H,18,19). The molecule has 6 heteroatoms. The van der Waals surface area contributed by atoms with Crippen molar-refractivity contribution >= 4 is 11.9 Å². The maximum absolute atomic E-state index is 10.7. The summed E-state index contributed by atoms with van der Waals surface area (Å²) in [7, 11) is 0. The van der Waals surface area contributed by atoms with Crippen molar-refractivity contribution in [2.24, 2.45) is 0 Å². The van der Waals surface area contributed by atoms with Gasteiger partial charge in [-0.05, 0) is 24.1 Å². The third kappa shape index (κ3) is 6.19. The lowest BCUT2D eigenvalue weighted by molar-refractivity contribution is -0.142. The van der Waals surface area contributed by atoms with E-state index in [1.807, 2.05) is 19.1 Å². The molecule has 6 nitrogen and oxygen atoms in total. The van der Waals surface area contributed by atoms with Crippen LogP contribution < -0.4 is 4.74 Å². The van der Waals surface area contributed by atoms with Gasteiger partial charge in [-0.1, -0.05) is 19.1 Å². The van der Waals surface area contributed by atoms with E-state index in [4.69, 9.17) is 14.9 Å². The Labute approximate surface area is 117 Å². The van der Waals surface area contributed by atoms with Crippen LogP contribution in [0.1, 0.15) is 18.9 Å². The van der Waals surface area contributed by atoms with Gasteiger partial charge in [0.05, 0.1) is 19.7 Å². The Bertz CT molecular complexity index is 445. The van der Waals surface area contributed by atoms with E-state index in [1.165, 1.54) is 4.90 Å². The molecule has 0 unspecified atom stereocenters. The zero-order valence-electron chi connectivity index (χ0n) is 11.4. The Kier molecular flexibility index (Phi) is 6.52. The highest BCUT2D eigenvalue weighted by atomic mass is 16.5. The molecule has 0 saturated heterocycles. The molecule has 20 heavy (non-hydrogen) atoms. The van der Waals surface area contributed by atoms with Gasteiger partial charge in [-0.2, -0.15) is 0 Å². The van der Waals surface area contributed by atoms with Crippen molar-refractivity contribution in [3.05, 3.63) is 29.8 Å². The molecule has 0 aliphatic carbocycles. The van der Waals surface area contributed by atoms with Gasteiger partial charge >= 0.3 is 11.9 Å². The summed E-state index contributed by atoms with van der Waals surface area (Å²) in [5.41, 5.74) is 0.820. The number of carboxylic acid groups (broad SMARTS) is 2. The number of rotatable bonds is 9. The Morgan fingerprint density at radius 2 is 1.85 bits per heavy atom. The first-order valence-electron chi connectivity index (χ1n) is 6.39. The minimum atomic E-state index is -1.05. The second-order valence-electron chi connectivity index (χ2n) is 4.43. The highest BCUT2D eigenvalue weighted by Crippen LogP contribution is 2.15. The van der Waals surface area contributed by atoms with Crippen LogP contribution in [0.15, 0.2) is 24.3 Å². The lowest BCUT2D eigenvalue weighted by atomic mass is 10.2. The van der Waals surface area contributed by atoms with Gasteiger partial charge in [0.25, 0.3) is 0 Å². The SMILES string of the molecule is CCCOc1cccc(CN(CC(=O)O)CC(=O)O)c1. The van der Waals surface area contributed by atoms with Crippen molar-refractivity contribution in [3.8, 4) is 5.75 Å². The second kappa shape index (κ2) is 8.16. The van der Waals surface area contributed by atoms with E-state index in [0.717, 1.165) is 12.0 Å². The maximum atomic E-state index is 10.7. The van der Waals surface area contributed by atoms with Crippen molar-refractivity contribution in [1.82, 2.24) is 4.90 Å². The average molecular weight is 281 g/mol. The molecule has 1 rings (SSSR count). The molecule has 2 N–H and O–H groups in total. The van der Waals surface area contributed by atoms with Crippen molar-refractivity contribution in [3.63, 3.8) is 0 Å². The van der Waals surface area contributed by atoms with Crippen LogP contribution >= 0.6 is 0 Å². The molecular weight excluding hydrogens is 262 g/mol. The second-order valence-corrected chi connectivity index (χ2v) is 4.43. The zero-order chi connectivity index (χ0) is 15.0. The predicted molar refractivity (Wildman–Crippen MR) is 72.8 cm³/mol. The molecule has 1 aromatic carbocycles. The van der Waals surface area contributed by atoms with Crippen LogP contribution in [0.25, 0.3) is 0 Å². The number of nitrogens with zero attached hydrogens (tertiary/aromatic N) is 1. The van der Waals surface area contributed by atoms with E-state index < -0.39 is 11.9 Å². The molecule has 0 radical (unpaired) electrons. The Morgan fingerprint density at radius 3 is 2.40 bits per heavy atom. The molecular formula is C14H19NO5. The van der Waals surface area contributed by atoms with Crippen LogP contribution in [0.4, 0.5) is 0 Å². The van der Waals surface area contributed by atoms with E-state index in [1.54, 1.807) is 12.1 Å². The van der Waals surface area contributed by atoms with Gasteiger partial charge in [-0.25, -0.2) is 0 Å². The number of carboxylic acids is 2. The lowest BCUT2D eigenvalue weighted by Gasteiger charge is -2.18. The maximum Gasteiger partial charge on any atom is 0.317 e. The number of carbonyl (C=O) groups is 2. The summed E-state index contributed by atoms with van der Waals surface area (Å²) >= 11 is 0. The fraction of sp³-hybridized carbons (Fsp3) is 0.429. The zero-order valence-corrected chi connectivity index (χ0v) is 11.4. The van der Waals surface area contributed by atoms with Gasteiger partial charge in [-0.15, -0.1) is 0 Å². The van der Waals surface area contributed by atoms with Crippen molar-refractivity contribution in [1.29, 1.82) is 0 Å². The number of benzene rings is 1. The van der Waals surface area contributed by atoms with E-state index in [2.05, 4.69) is 0 Å². The first kappa shape index (κ1) is 16.0. The Hall–Kier alpha value is -2.08. The summed E-state index contributed by atoms with van der Waals surface area (Å²) in [6, 6.07) is 7.24. The first-order valence-corrected chi connectivity index (χ1v) is 6.39. The summed E-state index contributed by atoms with van der Waals surface area (Å²) in [6.07, 6.45) is 0.897. The van der Waals surface area contributed by atoms with E-state index in [-0.39, 0.29) is 19.6 Å². The van der Waals surface area contributed by atoms with Gasteiger partial charge in [0, 0.05) is 6.54 Å². The lowest BCUT2D eigenvalue weighted by Crippen LogP contribution is -2.33. The van der Waals surface area contributed by atoms with Gasteiger partial charge in [0.1, 0.15) is 5.75 Å². The van der Waals surface area contributed by atoms with E-state index >= 15 is 0 Å². The van der Waals surface area contributed by atoms with Crippen molar-refractivity contribution in [2.75, 3.05) is 19.7 Å². The fourth-order valence-corrected chi connectivity index (χ4v) is 1.76. The highest BCUT2D eigenvalue weighted by Gasteiger charge is 2.14. The minimum Gasteiger partial charge on any atom is -0.494 e. The quantitative estimate of drug-likeness (QED) is 0.712. The number of aliphatic carboxylic acids is 2. The first-order chi connectivity index (χ1) is 9.51. The van der Waals surface area contributed by atoms with Crippen LogP contribution in [0.5, 0.6) is 5.75 Å². The summed E-state index contributed by atoms with van der Waals surface area (Å²) in [6.45, 7) is 2.24.